The molecule has 0 atom stereocenters. The van der Waals surface area contributed by atoms with E-state index >= 15 is 0 Å². The van der Waals surface area contributed by atoms with E-state index in [1.165, 1.54) is 5.56 Å². The summed E-state index contributed by atoms with van der Waals surface area (Å²) in [4.78, 5) is 15.0. The third-order valence-electron chi connectivity index (χ3n) is 2.93. The topological polar surface area (TPSA) is 55.1 Å². The van der Waals surface area contributed by atoms with Crippen LogP contribution in [0.2, 0.25) is 0 Å². The molecule has 0 spiro atoms. The average Bonchev–Trinajstić information content (AvgIpc) is 2.73. The normalized spacial score (nSPS) is 13.0. The Hall–Kier alpha value is -2.10. The first-order chi connectivity index (χ1) is 7.77. The number of rotatable bonds is 1. The molecule has 0 bridgehead atoms. The van der Waals surface area contributed by atoms with E-state index in [2.05, 4.69) is 4.98 Å². The van der Waals surface area contributed by atoms with Gasteiger partial charge in [0.05, 0.1) is 12.0 Å². The number of carboxylic acid groups (broad SMARTS) is 1. The van der Waals surface area contributed by atoms with Gasteiger partial charge < -0.3 is 9.67 Å². The van der Waals surface area contributed by atoms with Crippen molar-refractivity contribution >= 4 is 5.97 Å². The molecule has 0 radical (unpaired) electrons. The summed E-state index contributed by atoms with van der Waals surface area (Å²) in [6.45, 7) is 0.798. The lowest BCUT2D eigenvalue weighted by molar-refractivity contribution is 0.0692. The van der Waals surface area contributed by atoms with Crippen molar-refractivity contribution in [3.05, 3.63) is 41.9 Å². The fourth-order valence-corrected chi connectivity index (χ4v) is 2.20. The van der Waals surface area contributed by atoms with E-state index < -0.39 is 5.97 Å². The van der Waals surface area contributed by atoms with E-state index in [-0.39, 0.29) is 5.69 Å². The Bertz CT molecular complexity index is 572. The molecule has 0 saturated carbocycles. The summed E-state index contributed by atoms with van der Waals surface area (Å²) in [5, 5.41) is 9.08. The highest BCUT2D eigenvalue weighted by Crippen LogP contribution is 2.31. The van der Waals surface area contributed by atoms with Crippen LogP contribution in [0, 0.1) is 0 Å². The molecule has 2 heterocycles. The summed E-state index contributed by atoms with van der Waals surface area (Å²) in [5.74, 6) is -0.967. The van der Waals surface area contributed by atoms with Crippen molar-refractivity contribution in [2.45, 2.75) is 13.0 Å². The molecular formula is C12H10N2O2. The van der Waals surface area contributed by atoms with Gasteiger partial charge in [-0.05, 0) is 12.0 Å². The fourth-order valence-electron chi connectivity index (χ4n) is 2.20. The summed E-state index contributed by atoms with van der Waals surface area (Å²) in [5.41, 5.74) is 3.06. The third-order valence-corrected chi connectivity index (χ3v) is 2.93. The summed E-state index contributed by atoms with van der Waals surface area (Å²) in [6.07, 6.45) is 2.54. The Morgan fingerprint density at radius 1 is 1.38 bits per heavy atom. The molecule has 80 valence electrons. The molecule has 16 heavy (non-hydrogen) atoms. The molecule has 4 nitrogen and oxygen atoms in total. The number of carboxylic acids is 1. The summed E-state index contributed by atoms with van der Waals surface area (Å²) >= 11 is 0. The maximum Gasteiger partial charge on any atom is 0.356 e. The first-order valence-electron chi connectivity index (χ1n) is 5.14. The predicted molar refractivity (Wildman–Crippen MR) is 58.3 cm³/mol. The standard InChI is InChI=1S/C12H10N2O2/c15-12(16)10-11-9-4-2-1-3-8(9)5-6-14(11)7-13-10/h1-4,7H,5-6H2,(H,15,16). The SMILES string of the molecule is O=C(O)c1ncn2c1-c1ccccc1CC2. The smallest absolute Gasteiger partial charge is 0.356 e. The van der Waals surface area contributed by atoms with Crippen molar-refractivity contribution in [3.8, 4) is 11.3 Å². The molecule has 1 aliphatic rings. The van der Waals surface area contributed by atoms with Gasteiger partial charge in [-0.1, -0.05) is 24.3 Å². The molecule has 0 aliphatic carbocycles. The largest absolute Gasteiger partial charge is 0.476 e. The summed E-state index contributed by atoms with van der Waals surface area (Å²) in [6, 6.07) is 7.89. The van der Waals surface area contributed by atoms with Crippen molar-refractivity contribution in [3.63, 3.8) is 0 Å². The van der Waals surface area contributed by atoms with E-state index in [9.17, 15) is 4.79 Å². The Kier molecular flexibility index (Phi) is 1.83. The Morgan fingerprint density at radius 2 is 2.19 bits per heavy atom. The van der Waals surface area contributed by atoms with E-state index in [1.807, 2.05) is 28.8 Å². The zero-order chi connectivity index (χ0) is 11.1. The van der Waals surface area contributed by atoms with Crippen molar-refractivity contribution in [1.29, 1.82) is 0 Å². The number of aryl methyl sites for hydroxylation is 2. The van der Waals surface area contributed by atoms with E-state index in [0.29, 0.717) is 0 Å². The summed E-state index contributed by atoms with van der Waals surface area (Å²) in [7, 11) is 0. The average molecular weight is 214 g/mol. The Balaban J connectivity index is 2.29. The second-order valence-electron chi connectivity index (χ2n) is 3.85. The van der Waals surface area contributed by atoms with Gasteiger partial charge >= 0.3 is 5.97 Å². The zero-order valence-electron chi connectivity index (χ0n) is 8.55. The van der Waals surface area contributed by atoms with Gasteiger partial charge in [-0.25, -0.2) is 9.78 Å². The quantitative estimate of drug-likeness (QED) is 0.787. The number of aromatic nitrogens is 2. The van der Waals surface area contributed by atoms with Gasteiger partial charge in [0.25, 0.3) is 0 Å². The van der Waals surface area contributed by atoms with Gasteiger partial charge in [0, 0.05) is 12.1 Å². The third kappa shape index (κ3) is 1.16. The minimum Gasteiger partial charge on any atom is -0.476 e. The van der Waals surface area contributed by atoms with Gasteiger partial charge in [-0.15, -0.1) is 0 Å². The first-order valence-corrected chi connectivity index (χ1v) is 5.14. The van der Waals surface area contributed by atoms with Crippen LogP contribution in [0.15, 0.2) is 30.6 Å². The van der Waals surface area contributed by atoms with Crippen LogP contribution in [0.1, 0.15) is 16.1 Å². The van der Waals surface area contributed by atoms with Crippen LogP contribution in [0.25, 0.3) is 11.3 Å². The number of hydrogen-bond acceptors (Lipinski definition) is 2. The van der Waals surface area contributed by atoms with Gasteiger partial charge in [-0.2, -0.15) is 0 Å². The molecule has 1 aliphatic heterocycles. The lowest BCUT2D eigenvalue weighted by Crippen LogP contribution is -2.11. The second-order valence-corrected chi connectivity index (χ2v) is 3.85. The minimum absolute atomic E-state index is 0.146. The molecular weight excluding hydrogens is 204 g/mol. The van der Waals surface area contributed by atoms with Crippen molar-refractivity contribution in [2.75, 3.05) is 0 Å². The molecule has 1 aromatic heterocycles. The first kappa shape index (κ1) is 9.15. The minimum atomic E-state index is -0.967. The molecule has 4 heteroatoms. The van der Waals surface area contributed by atoms with Crippen LogP contribution in [-0.4, -0.2) is 20.6 Å². The van der Waals surface area contributed by atoms with Crippen molar-refractivity contribution < 1.29 is 9.90 Å². The Morgan fingerprint density at radius 3 is 3.00 bits per heavy atom. The van der Waals surface area contributed by atoms with Gasteiger partial charge in [0.15, 0.2) is 5.69 Å². The van der Waals surface area contributed by atoms with Crippen LogP contribution in [-0.2, 0) is 13.0 Å². The van der Waals surface area contributed by atoms with Crippen molar-refractivity contribution in [2.24, 2.45) is 0 Å². The highest BCUT2D eigenvalue weighted by Gasteiger charge is 2.23. The molecule has 3 rings (SSSR count). The van der Waals surface area contributed by atoms with E-state index in [1.54, 1.807) is 6.33 Å². The van der Waals surface area contributed by atoms with E-state index in [4.69, 9.17) is 5.11 Å². The molecule has 0 unspecified atom stereocenters. The van der Waals surface area contributed by atoms with Crippen LogP contribution in [0.5, 0.6) is 0 Å². The van der Waals surface area contributed by atoms with Crippen LogP contribution in [0.3, 0.4) is 0 Å². The number of hydrogen-bond donors (Lipinski definition) is 1. The maximum absolute atomic E-state index is 11.1. The van der Waals surface area contributed by atoms with Gasteiger partial charge in [-0.3, -0.25) is 0 Å². The molecule has 0 fully saturated rings. The second kappa shape index (κ2) is 3.20. The lowest BCUT2D eigenvalue weighted by atomic mass is 9.97. The number of nitrogens with zero attached hydrogens (tertiary/aromatic N) is 2. The maximum atomic E-state index is 11.1. The van der Waals surface area contributed by atoms with Crippen LogP contribution >= 0.6 is 0 Å². The van der Waals surface area contributed by atoms with Crippen LogP contribution < -0.4 is 0 Å². The number of benzene rings is 1. The van der Waals surface area contributed by atoms with Crippen molar-refractivity contribution in [1.82, 2.24) is 9.55 Å². The number of imidazole rings is 1. The highest BCUT2D eigenvalue weighted by atomic mass is 16.4. The molecule has 1 aromatic carbocycles. The summed E-state index contributed by atoms with van der Waals surface area (Å²) < 4.78 is 1.91. The van der Waals surface area contributed by atoms with E-state index in [0.717, 1.165) is 24.2 Å². The highest BCUT2D eigenvalue weighted by molar-refractivity contribution is 5.93. The molecule has 2 aromatic rings. The number of fused-ring (bicyclic) bond motifs is 3. The zero-order valence-corrected chi connectivity index (χ0v) is 8.55. The predicted octanol–water partition coefficient (Wildman–Crippen LogP) is 1.80. The molecule has 0 amide bonds. The van der Waals surface area contributed by atoms with Crippen LogP contribution in [0.4, 0.5) is 0 Å². The lowest BCUT2D eigenvalue weighted by Gasteiger charge is -2.18. The molecule has 1 N–H and O–H groups in total. The van der Waals surface area contributed by atoms with Gasteiger partial charge in [0.2, 0.25) is 0 Å². The number of carbonyl (C=O) groups is 1. The molecule has 0 saturated heterocycles. The Labute approximate surface area is 92.2 Å². The van der Waals surface area contributed by atoms with Gasteiger partial charge in [0.1, 0.15) is 0 Å². The fraction of sp³-hybridized carbons (Fsp3) is 0.167. The number of aromatic carboxylic acids is 1. The monoisotopic (exact) mass is 214 g/mol.